The van der Waals surface area contributed by atoms with E-state index in [0.29, 0.717) is 12.2 Å². The molecule has 2 aromatic rings. The molecule has 0 amide bonds. The number of rotatable bonds is 5. The molecule has 0 atom stereocenters. The first kappa shape index (κ1) is 15.5. The van der Waals surface area contributed by atoms with Crippen molar-refractivity contribution >= 4 is 34.6 Å². The van der Waals surface area contributed by atoms with Crippen molar-refractivity contribution in [1.82, 2.24) is 4.98 Å². The number of hydrogen-bond acceptors (Lipinski definition) is 4. The number of benzene rings is 1. The van der Waals surface area contributed by atoms with Crippen LogP contribution in [0.5, 0.6) is 0 Å². The second-order valence-electron chi connectivity index (χ2n) is 4.36. The molecule has 2 rings (SSSR count). The Hall–Kier alpha value is -1.85. The van der Waals surface area contributed by atoms with Gasteiger partial charge in [-0.2, -0.15) is 0 Å². The average Bonchev–Trinajstić information content (AvgIpc) is 2.48. The van der Waals surface area contributed by atoms with Gasteiger partial charge in [0.05, 0.1) is 27.2 Å². The summed E-state index contributed by atoms with van der Waals surface area (Å²) in [7, 11) is 0. The lowest BCUT2D eigenvalue weighted by Gasteiger charge is -2.10. The highest BCUT2D eigenvalue weighted by Crippen LogP contribution is 2.34. The van der Waals surface area contributed by atoms with E-state index < -0.39 is 4.92 Å². The lowest BCUT2D eigenvalue weighted by Crippen LogP contribution is -2.06. The number of anilines is 1. The van der Waals surface area contributed by atoms with Gasteiger partial charge in [0.1, 0.15) is 5.69 Å². The zero-order chi connectivity index (χ0) is 15.4. The highest BCUT2D eigenvalue weighted by molar-refractivity contribution is 6.42. The summed E-state index contributed by atoms with van der Waals surface area (Å²) in [4.78, 5) is 14.9. The highest BCUT2D eigenvalue weighted by Gasteiger charge is 2.17. The van der Waals surface area contributed by atoms with Crippen LogP contribution in [0.1, 0.15) is 18.2 Å². The Labute approximate surface area is 132 Å². The second-order valence-corrected chi connectivity index (χ2v) is 5.17. The van der Waals surface area contributed by atoms with Crippen molar-refractivity contribution in [2.45, 2.75) is 19.9 Å². The fraction of sp³-hybridized carbons (Fsp3) is 0.214. The monoisotopic (exact) mass is 325 g/mol. The van der Waals surface area contributed by atoms with Gasteiger partial charge < -0.3 is 5.32 Å². The molecule has 7 heteroatoms. The molecule has 0 aliphatic heterocycles. The summed E-state index contributed by atoms with van der Waals surface area (Å²) in [6.07, 6.45) is 2.54. The molecule has 1 N–H and O–H groups in total. The lowest BCUT2D eigenvalue weighted by atomic mass is 10.1. The number of nitro benzene ring substituents is 1. The zero-order valence-electron chi connectivity index (χ0n) is 11.3. The van der Waals surface area contributed by atoms with Crippen LogP contribution >= 0.6 is 23.2 Å². The van der Waals surface area contributed by atoms with Gasteiger partial charge in [-0.1, -0.05) is 36.2 Å². The normalized spacial score (nSPS) is 10.4. The molecule has 0 aliphatic rings. The van der Waals surface area contributed by atoms with Crippen molar-refractivity contribution in [1.29, 1.82) is 0 Å². The lowest BCUT2D eigenvalue weighted by molar-refractivity contribution is -0.383. The fourth-order valence-corrected chi connectivity index (χ4v) is 2.28. The molecule has 1 aromatic carbocycles. The summed E-state index contributed by atoms with van der Waals surface area (Å²) in [6, 6.07) is 6.54. The molecular weight excluding hydrogens is 313 g/mol. The summed E-state index contributed by atoms with van der Waals surface area (Å²) in [5, 5.41) is 14.5. The third kappa shape index (κ3) is 3.62. The van der Waals surface area contributed by atoms with Gasteiger partial charge in [-0.3, -0.25) is 15.1 Å². The number of nitro groups is 1. The van der Waals surface area contributed by atoms with Gasteiger partial charge >= 0.3 is 0 Å². The number of aryl methyl sites for hydroxylation is 1. The number of halogens is 2. The van der Waals surface area contributed by atoms with Crippen LogP contribution in [0.2, 0.25) is 10.0 Å². The van der Waals surface area contributed by atoms with E-state index in [1.165, 1.54) is 12.1 Å². The number of nitrogens with one attached hydrogen (secondary N) is 1. The van der Waals surface area contributed by atoms with Gasteiger partial charge in [0, 0.05) is 12.3 Å². The van der Waals surface area contributed by atoms with Crippen LogP contribution in [0, 0.1) is 10.1 Å². The van der Waals surface area contributed by atoms with E-state index in [2.05, 4.69) is 10.3 Å². The van der Waals surface area contributed by atoms with E-state index in [9.17, 15) is 10.1 Å². The zero-order valence-corrected chi connectivity index (χ0v) is 12.8. The maximum atomic E-state index is 11.1. The van der Waals surface area contributed by atoms with Crippen LogP contribution in [-0.2, 0) is 13.0 Å². The molecule has 0 aliphatic carbocycles. The summed E-state index contributed by atoms with van der Waals surface area (Å²) in [6.45, 7) is 2.41. The van der Waals surface area contributed by atoms with Gasteiger partial charge in [-0.05, 0) is 24.1 Å². The summed E-state index contributed by atoms with van der Waals surface area (Å²) in [5.74, 6) is 0. The largest absolute Gasteiger partial charge is 0.374 e. The van der Waals surface area contributed by atoms with Crippen molar-refractivity contribution in [3.63, 3.8) is 0 Å². The second kappa shape index (κ2) is 6.74. The van der Waals surface area contributed by atoms with Gasteiger partial charge in [0.2, 0.25) is 0 Å². The predicted molar refractivity (Wildman–Crippen MR) is 84.1 cm³/mol. The van der Waals surface area contributed by atoms with Crippen LogP contribution in [0.15, 0.2) is 30.5 Å². The van der Waals surface area contributed by atoms with Crippen LogP contribution in [0.4, 0.5) is 11.4 Å². The minimum absolute atomic E-state index is 0.113. The Kier molecular flexibility index (Phi) is 4.98. The Morgan fingerprint density at radius 1 is 1.33 bits per heavy atom. The molecule has 0 saturated heterocycles. The van der Waals surface area contributed by atoms with Gasteiger partial charge in [-0.25, -0.2) is 0 Å². The minimum atomic E-state index is -0.496. The number of nitrogens with zero attached hydrogens (tertiary/aromatic N) is 2. The Bertz CT molecular complexity index is 677. The van der Waals surface area contributed by atoms with Crippen molar-refractivity contribution in [3.8, 4) is 0 Å². The fourth-order valence-electron chi connectivity index (χ4n) is 1.96. The van der Waals surface area contributed by atoms with Crippen LogP contribution in [0.3, 0.4) is 0 Å². The third-order valence-electron chi connectivity index (χ3n) is 3.05. The molecule has 0 saturated carbocycles. The first-order chi connectivity index (χ1) is 10.0. The first-order valence-corrected chi connectivity index (χ1v) is 7.08. The quantitative estimate of drug-likeness (QED) is 0.650. The standard InChI is InChI=1S/C14H13Cl2N3O2/c1-2-9-4-3-5-17-13(9)8-18-12-6-10(15)11(16)7-14(12)19(20)21/h3-7,18H,2,8H2,1H3. The molecule has 1 aromatic heterocycles. The molecule has 5 nitrogen and oxygen atoms in total. The smallest absolute Gasteiger partial charge is 0.293 e. The van der Waals surface area contributed by atoms with Crippen LogP contribution in [0.25, 0.3) is 0 Å². The van der Waals surface area contributed by atoms with E-state index in [1.54, 1.807) is 6.20 Å². The van der Waals surface area contributed by atoms with Crippen molar-refractivity contribution in [2.24, 2.45) is 0 Å². The number of hydrogen-bond donors (Lipinski definition) is 1. The summed E-state index contributed by atoms with van der Waals surface area (Å²) < 4.78 is 0. The van der Waals surface area contributed by atoms with Gasteiger partial charge in [0.15, 0.2) is 0 Å². The molecule has 0 unspecified atom stereocenters. The molecule has 21 heavy (non-hydrogen) atoms. The predicted octanol–water partition coefficient (Wildman–Crippen LogP) is 4.47. The van der Waals surface area contributed by atoms with Crippen LogP contribution in [-0.4, -0.2) is 9.91 Å². The Balaban J connectivity index is 2.27. The van der Waals surface area contributed by atoms with Crippen molar-refractivity contribution < 1.29 is 4.92 Å². The van der Waals surface area contributed by atoms with Crippen molar-refractivity contribution in [2.75, 3.05) is 5.32 Å². The maximum absolute atomic E-state index is 11.1. The van der Waals surface area contributed by atoms with E-state index in [4.69, 9.17) is 23.2 Å². The number of aromatic nitrogens is 1. The molecule has 110 valence electrons. The van der Waals surface area contributed by atoms with E-state index in [1.807, 2.05) is 19.1 Å². The van der Waals surface area contributed by atoms with Gasteiger partial charge in [-0.15, -0.1) is 0 Å². The van der Waals surface area contributed by atoms with Crippen LogP contribution < -0.4 is 5.32 Å². The molecule has 0 fully saturated rings. The summed E-state index contributed by atoms with van der Waals surface area (Å²) in [5.41, 5.74) is 2.15. The topological polar surface area (TPSA) is 68.1 Å². The van der Waals surface area contributed by atoms with E-state index in [-0.39, 0.29) is 15.7 Å². The van der Waals surface area contributed by atoms with E-state index in [0.717, 1.165) is 17.7 Å². The summed E-state index contributed by atoms with van der Waals surface area (Å²) >= 11 is 11.7. The SMILES string of the molecule is CCc1cccnc1CNc1cc(Cl)c(Cl)cc1[N+](=O)[O-]. The molecule has 0 spiro atoms. The Morgan fingerprint density at radius 2 is 2.05 bits per heavy atom. The van der Waals surface area contributed by atoms with Gasteiger partial charge in [0.25, 0.3) is 5.69 Å². The van der Waals surface area contributed by atoms with E-state index >= 15 is 0 Å². The van der Waals surface area contributed by atoms with Crippen molar-refractivity contribution in [3.05, 3.63) is 61.9 Å². The molecule has 1 heterocycles. The highest BCUT2D eigenvalue weighted by atomic mass is 35.5. The molecular formula is C14H13Cl2N3O2. The maximum Gasteiger partial charge on any atom is 0.293 e. The molecule has 0 bridgehead atoms. The first-order valence-electron chi connectivity index (χ1n) is 6.33. The molecule has 0 radical (unpaired) electrons. The number of pyridine rings is 1. The average molecular weight is 326 g/mol. The minimum Gasteiger partial charge on any atom is -0.374 e. The Morgan fingerprint density at radius 3 is 2.71 bits per heavy atom. The third-order valence-corrected chi connectivity index (χ3v) is 3.77.